The molecule has 0 saturated heterocycles. The van der Waals surface area contributed by atoms with E-state index >= 15 is 0 Å². The van der Waals surface area contributed by atoms with E-state index in [2.05, 4.69) is 38.7 Å². The monoisotopic (exact) mass is 445 g/mol. The number of hydrogen-bond acceptors (Lipinski definition) is 4. The van der Waals surface area contributed by atoms with Crippen molar-refractivity contribution in [1.82, 2.24) is 5.43 Å². The van der Waals surface area contributed by atoms with Gasteiger partial charge in [0.15, 0.2) is 0 Å². The van der Waals surface area contributed by atoms with Gasteiger partial charge in [0.05, 0.1) is 12.8 Å². The van der Waals surface area contributed by atoms with Crippen LogP contribution in [0.15, 0.2) is 58.1 Å². The van der Waals surface area contributed by atoms with Gasteiger partial charge in [0.25, 0.3) is 0 Å². The number of nitrogens with zero attached hydrogens (tertiary/aromatic N) is 1. The van der Waals surface area contributed by atoms with Crippen LogP contribution in [0.5, 0.6) is 5.75 Å². The standard InChI is InChI=1S/C21H24BrN3O3/c1-2-14-28-19-12-6-16(7-13-19)15-23-25-21(27)5-3-4-20(26)24-18-10-8-17(22)9-11-18/h6-13,15H,2-5,14H2,1H3,(H,24,26)(H,25,27)/b23-15-. The van der Waals surface area contributed by atoms with E-state index < -0.39 is 0 Å². The first kappa shape index (κ1) is 21.6. The summed E-state index contributed by atoms with van der Waals surface area (Å²) in [5, 5.41) is 6.73. The van der Waals surface area contributed by atoms with Crippen molar-refractivity contribution in [2.24, 2.45) is 5.10 Å². The molecule has 2 aromatic rings. The number of carbonyl (C=O) groups excluding carboxylic acids is 2. The highest BCUT2D eigenvalue weighted by molar-refractivity contribution is 9.10. The van der Waals surface area contributed by atoms with Crippen molar-refractivity contribution in [2.45, 2.75) is 32.6 Å². The number of amides is 2. The average Bonchev–Trinajstić information content (AvgIpc) is 2.69. The number of anilines is 1. The lowest BCUT2D eigenvalue weighted by Crippen LogP contribution is -2.18. The Labute approximate surface area is 173 Å². The number of ether oxygens (including phenoxy) is 1. The van der Waals surface area contributed by atoms with Gasteiger partial charge < -0.3 is 10.1 Å². The third kappa shape index (κ3) is 8.35. The Morgan fingerprint density at radius 2 is 1.71 bits per heavy atom. The molecule has 6 nitrogen and oxygen atoms in total. The van der Waals surface area contributed by atoms with Crippen molar-refractivity contribution in [3.63, 3.8) is 0 Å². The Morgan fingerprint density at radius 3 is 2.39 bits per heavy atom. The lowest BCUT2D eigenvalue weighted by Gasteiger charge is -2.05. The molecule has 2 N–H and O–H groups in total. The van der Waals surface area contributed by atoms with Crippen LogP contribution in [0.2, 0.25) is 0 Å². The molecule has 0 bridgehead atoms. The minimum Gasteiger partial charge on any atom is -0.494 e. The Kier molecular flexibility index (Phi) is 9.21. The second kappa shape index (κ2) is 11.9. The smallest absolute Gasteiger partial charge is 0.240 e. The van der Waals surface area contributed by atoms with Gasteiger partial charge in [0.1, 0.15) is 5.75 Å². The number of benzene rings is 2. The van der Waals surface area contributed by atoms with Crippen LogP contribution in [-0.4, -0.2) is 24.6 Å². The highest BCUT2D eigenvalue weighted by atomic mass is 79.9. The molecule has 2 amide bonds. The zero-order valence-corrected chi connectivity index (χ0v) is 17.4. The highest BCUT2D eigenvalue weighted by Crippen LogP contribution is 2.14. The van der Waals surface area contributed by atoms with Crippen LogP contribution in [0.25, 0.3) is 0 Å². The molecular weight excluding hydrogens is 422 g/mol. The number of nitrogens with one attached hydrogen (secondary N) is 2. The van der Waals surface area contributed by atoms with E-state index in [0.29, 0.717) is 13.0 Å². The lowest BCUT2D eigenvalue weighted by molar-refractivity contribution is -0.121. The minimum atomic E-state index is -0.226. The summed E-state index contributed by atoms with van der Waals surface area (Å²) in [5.41, 5.74) is 4.06. The van der Waals surface area contributed by atoms with Gasteiger partial charge in [-0.1, -0.05) is 22.9 Å². The Hall–Kier alpha value is -2.67. The molecule has 0 unspecified atom stereocenters. The van der Waals surface area contributed by atoms with Crippen molar-refractivity contribution in [3.8, 4) is 5.75 Å². The number of carbonyl (C=O) groups is 2. The van der Waals surface area contributed by atoms with Crippen LogP contribution in [0.4, 0.5) is 5.69 Å². The molecule has 0 atom stereocenters. The highest BCUT2D eigenvalue weighted by Gasteiger charge is 2.05. The predicted molar refractivity (Wildman–Crippen MR) is 115 cm³/mol. The summed E-state index contributed by atoms with van der Waals surface area (Å²) in [6.07, 6.45) is 3.48. The van der Waals surface area contributed by atoms with Crippen molar-refractivity contribution in [3.05, 3.63) is 58.6 Å². The molecule has 148 valence electrons. The van der Waals surface area contributed by atoms with Gasteiger partial charge in [0, 0.05) is 23.0 Å². The molecule has 0 saturated carbocycles. The quantitative estimate of drug-likeness (QED) is 0.417. The molecular formula is C21H24BrN3O3. The maximum Gasteiger partial charge on any atom is 0.240 e. The Bertz CT molecular complexity index is 790. The summed E-state index contributed by atoms with van der Waals surface area (Å²) in [6, 6.07) is 14.8. The first-order chi connectivity index (χ1) is 13.6. The van der Waals surface area contributed by atoms with Gasteiger partial charge in [0.2, 0.25) is 11.8 Å². The molecule has 2 aromatic carbocycles. The molecule has 0 spiro atoms. The molecule has 0 heterocycles. The number of hydrogen-bond donors (Lipinski definition) is 2. The molecule has 7 heteroatoms. The van der Waals surface area contributed by atoms with Crippen molar-refractivity contribution in [1.29, 1.82) is 0 Å². The second-order valence-electron chi connectivity index (χ2n) is 6.12. The first-order valence-electron chi connectivity index (χ1n) is 9.17. The molecule has 0 aliphatic heterocycles. The molecule has 0 aliphatic carbocycles. The Morgan fingerprint density at radius 1 is 1.04 bits per heavy atom. The minimum absolute atomic E-state index is 0.121. The molecule has 2 rings (SSSR count). The van der Waals surface area contributed by atoms with Gasteiger partial charge in [-0.15, -0.1) is 0 Å². The van der Waals surface area contributed by atoms with Crippen LogP contribution >= 0.6 is 15.9 Å². The van der Waals surface area contributed by atoms with E-state index in [4.69, 9.17) is 4.74 Å². The fourth-order valence-corrected chi connectivity index (χ4v) is 2.54. The number of hydrazone groups is 1. The maximum absolute atomic E-state index is 11.9. The van der Waals surface area contributed by atoms with Crippen molar-refractivity contribution >= 4 is 39.6 Å². The fraction of sp³-hybridized carbons (Fsp3) is 0.286. The van der Waals surface area contributed by atoms with E-state index in [-0.39, 0.29) is 24.7 Å². The summed E-state index contributed by atoms with van der Waals surface area (Å²) in [4.78, 5) is 23.7. The van der Waals surface area contributed by atoms with Gasteiger partial charge in [-0.3, -0.25) is 9.59 Å². The van der Waals surface area contributed by atoms with Gasteiger partial charge >= 0.3 is 0 Å². The average molecular weight is 446 g/mol. The molecule has 0 fully saturated rings. The second-order valence-corrected chi connectivity index (χ2v) is 7.03. The summed E-state index contributed by atoms with van der Waals surface area (Å²) >= 11 is 3.34. The van der Waals surface area contributed by atoms with Crippen LogP contribution in [0, 0.1) is 0 Å². The largest absolute Gasteiger partial charge is 0.494 e. The lowest BCUT2D eigenvalue weighted by atomic mass is 10.2. The van der Waals surface area contributed by atoms with Gasteiger partial charge in [-0.05, 0) is 66.9 Å². The summed E-state index contributed by atoms with van der Waals surface area (Å²) in [5.74, 6) is 0.462. The maximum atomic E-state index is 11.9. The molecule has 0 aromatic heterocycles. The molecule has 0 radical (unpaired) electrons. The molecule has 28 heavy (non-hydrogen) atoms. The summed E-state index contributed by atoms with van der Waals surface area (Å²) in [7, 11) is 0. The third-order valence-electron chi connectivity index (χ3n) is 3.69. The van der Waals surface area contributed by atoms with E-state index in [1.165, 1.54) is 0 Å². The Balaban J connectivity index is 1.64. The van der Waals surface area contributed by atoms with E-state index in [0.717, 1.165) is 27.9 Å². The summed E-state index contributed by atoms with van der Waals surface area (Å²) < 4.78 is 6.46. The SMILES string of the molecule is CCCOc1ccc(/C=N\NC(=O)CCCC(=O)Nc2ccc(Br)cc2)cc1. The predicted octanol–water partition coefficient (Wildman–Crippen LogP) is 4.50. The topological polar surface area (TPSA) is 79.8 Å². The van der Waals surface area contributed by atoms with Gasteiger partial charge in [-0.2, -0.15) is 5.10 Å². The van der Waals surface area contributed by atoms with Crippen LogP contribution in [0.1, 0.15) is 38.2 Å². The third-order valence-corrected chi connectivity index (χ3v) is 4.22. The number of halogens is 1. The first-order valence-corrected chi connectivity index (χ1v) is 9.96. The summed E-state index contributed by atoms with van der Waals surface area (Å²) in [6.45, 7) is 2.74. The van der Waals surface area contributed by atoms with E-state index in [1.807, 2.05) is 48.5 Å². The fourth-order valence-electron chi connectivity index (χ4n) is 2.27. The molecule has 0 aliphatic rings. The van der Waals surface area contributed by atoms with Crippen LogP contribution in [0.3, 0.4) is 0 Å². The van der Waals surface area contributed by atoms with Crippen molar-refractivity contribution < 1.29 is 14.3 Å². The van der Waals surface area contributed by atoms with Crippen molar-refractivity contribution in [2.75, 3.05) is 11.9 Å². The van der Waals surface area contributed by atoms with Gasteiger partial charge in [-0.25, -0.2) is 5.43 Å². The normalized spacial score (nSPS) is 10.6. The van der Waals surface area contributed by atoms with E-state index in [9.17, 15) is 9.59 Å². The van der Waals surface area contributed by atoms with Crippen LogP contribution in [-0.2, 0) is 9.59 Å². The number of rotatable bonds is 10. The zero-order chi connectivity index (χ0) is 20.2. The van der Waals surface area contributed by atoms with Crippen LogP contribution < -0.4 is 15.5 Å². The zero-order valence-electron chi connectivity index (χ0n) is 15.8. The van der Waals surface area contributed by atoms with E-state index in [1.54, 1.807) is 6.21 Å².